The minimum Gasteiger partial charge on any atom is -0.356 e. The van der Waals surface area contributed by atoms with Crippen LogP contribution in [0.25, 0.3) is 0 Å². The molecule has 3 nitrogen and oxygen atoms in total. The zero-order valence-corrected chi connectivity index (χ0v) is 12.9. The Morgan fingerprint density at radius 3 is 2.25 bits per heavy atom. The van der Waals surface area contributed by atoms with Gasteiger partial charge < -0.3 is 11.1 Å². The van der Waals surface area contributed by atoms with Crippen LogP contribution >= 0.6 is 0 Å². The molecule has 1 atom stereocenters. The summed E-state index contributed by atoms with van der Waals surface area (Å²) in [6.45, 7) is 2.82. The fraction of sp³-hybridized carbons (Fsp3) is 0.941. The number of carbonyl (C=O) groups excluding carboxylic acids is 1. The highest BCUT2D eigenvalue weighted by atomic mass is 16.1. The lowest BCUT2D eigenvalue weighted by molar-refractivity contribution is -0.129. The lowest BCUT2D eigenvalue weighted by Gasteiger charge is -2.56. The molecule has 114 valence electrons. The van der Waals surface area contributed by atoms with Crippen LogP contribution in [0.1, 0.15) is 64.7 Å². The number of hydrogen-bond acceptors (Lipinski definition) is 2. The summed E-state index contributed by atoms with van der Waals surface area (Å²) in [6, 6.07) is 0.245. The Hall–Kier alpha value is -0.570. The molecule has 0 aliphatic heterocycles. The summed E-state index contributed by atoms with van der Waals surface area (Å²) in [5, 5.41) is 3.12. The van der Waals surface area contributed by atoms with Gasteiger partial charge in [-0.3, -0.25) is 4.79 Å². The SMILES string of the molecule is CC(N)CCCNC(=O)CC12CC3CC(CC(C3)C1)C2. The van der Waals surface area contributed by atoms with Gasteiger partial charge in [0.05, 0.1) is 0 Å². The van der Waals surface area contributed by atoms with Gasteiger partial charge in [-0.05, 0) is 81.5 Å². The molecular formula is C17H30N2O. The fourth-order valence-electron chi connectivity index (χ4n) is 5.56. The molecule has 4 rings (SSSR count). The predicted molar refractivity (Wildman–Crippen MR) is 81.1 cm³/mol. The van der Waals surface area contributed by atoms with Crippen molar-refractivity contribution in [1.29, 1.82) is 0 Å². The van der Waals surface area contributed by atoms with E-state index in [2.05, 4.69) is 5.32 Å². The highest BCUT2D eigenvalue weighted by Crippen LogP contribution is 2.61. The summed E-state index contributed by atoms with van der Waals surface area (Å²) >= 11 is 0. The van der Waals surface area contributed by atoms with E-state index in [-0.39, 0.29) is 11.9 Å². The third-order valence-electron chi connectivity index (χ3n) is 5.86. The van der Waals surface area contributed by atoms with Gasteiger partial charge in [0, 0.05) is 19.0 Å². The lowest BCUT2D eigenvalue weighted by atomic mass is 9.49. The van der Waals surface area contributed by atoms with E-state index >= 15 is 0 Å². The van der Waals surface area contributed by atoms with Crippen LogP contribution in [0, 0.1) is 23.2 Å². The molecule has 1 amide bonds. The van der Waals surface area contributed by atoms with Crippen molar-refractivity contribution in [3.05, 3.63) is 0 Å². The van der Waals surface area contributed by atoms with Crippen molar-refractivity contribution in [2.75, 3.05) is 6.54 Å². The monoisotopic (exact) mass is 278 g/mol. The van der Waals surface area contributed by atoms with E-state index < -0.39 is 0 Å². The lowest BCUT2D eigenvalue weighted by Crippen LogP contribution is -2.48. The molecule has 1 unspecified atom stereocenters. The maximum absolute atomic E-state index is 12.2. The van der Waals surface area contributed by atoms with E-state index in [1.807, 2.05) is 6.92 Å². The van der Waals surface area contributed by atoms with Crippen molar-refractivity contribution in [1.82, 2.24) is 5.32 Å². The third-order valence-corrected chi connectivity index (χ3v) is 5.86. The van der Waals surface area contributed by atoms with Gasteiger partial charge in [-0.15, -0.1) is 0 Å². The summed E-state index contributed by atoms with van der Waals surface area (Å²) in [6.07, 6.45) is 11.1. The molecule has 3 heteroatoms. The molecule has 0 heterocycles. The third kappa shape index (κ3) is 3.19. The number of rotatable bonds is 6. The van der Waals surface area contributed by atoms with E-state index in [1.165, 1.54) is 38.5 Å². The van der Waals surface area contributed by atoms with E-state index in [0.29, 0.717) is 5.41 Å². The average Bonchev–Trinajstić information content (AvgIpc) is 2.32. The van der Waals surface area contributed by atoms with Crippen LogP contribution in [0.5, 0.6) is 0 Å². The van der Waals surface area contributed by atoms with Crippen molar-refractivity contribution < 1.29 is 4.79 Å². The van der Waals surface area contributed by atoms with Crippen LogP contribution in [-0.4, -0.2) is 18.5 Å². The van der Waals surface area contributed by atoms with Crippen molar-refractivity contribution in [3.8, 4) is 0 Å². The summed E-state index contributed by atoms with van der Waals surface area (Å²) < 4.78 is 0. The molecule has 4 fully saturated rings. The number of nitrogens with two attached hydrogens (primary N) is 1. The Labute approximate surface area is 123 Å². The molecule has 0 saturated heterocycles. The summed E-state index contributed by atoms with van der Waals surface area (Å²) in [4.78, 5) is 12.2. The molecule has 4 saturated carbocycles. The molecule has 0 aromatic carbocycles. The van der Waals surface area contributed by atoms with Gasteiger partial charge in [0.15, 0.2) is 0 Å². The largest absolute Gasteiger partial charge is 0.356 e. The minimum atomic E-state index is 0.245. The Morgan fingerprint density at radius 2 is 1.75 bits per heavy atom. The maximum atomic E-state index is 12.2. The van der Waals surface area contributed by atoms with Gasteiger partial charge in [-0.2, -0.15) is 0 Å². The highest BCUT2D eigenvalue weighted by molar-refractivity contribution is 5.76. The first-order valence-corrected chi connectivity index (χ1v) is 8.57. The number of carbonyl (C=O) groups is 1. The minimum absolute atomic E-state index is 0.245. The molecule has 3 N–H and O–H groups in total. The van der Waals surface area contributed by atoms with Gasteiger partial charge in [0.25, 0.3) is 0 Å². The topological polar surface area (TPSA) is 55.1 Å². The first-order valence-electron chi connectivity index (χ1n) is 8.57. The molecular weight excluding hydrogens is 248 g/mol. The van der Waals surface area contributed by atoms with E-state index in [1.54, 1.807) is 0 Å². The highest BCUT2D eigenvalue weighted by Gasteiger charge is 2.51. The van der Waals surface area contributed by atoms with Crippen LogP contribution in [0.4, 0.5) is 0 Å². The molecule has 4 aliphatic carbocycles. The summed E-state index contributed by atoms with van der Waals surface area (Å²) in [5.41, 5.74) is 6.11. The van der Waals surface area contributed by atoms with Crippen molar-refractivity contribution in [2.24, 2.45) is 28.9 Å². The molecule has 4 aliphatic rings. The fourth-order valence-corrected chi connectivity index (χ4v) is 5.56. The standard InChI is InChI=1S/C17H30N2O/c1-12(18)3-2-4-19-16(20)11-17-8-13-5-14(9-17)7-15(6-13)10-17/h12-15H,2-11,18H2,1H3,(H,19,20). The smallest absolute Gasteiger partial charge is 0.220 e. The van der Waals surface area contributed by atoms with Gasteiger partial charge >= 0.3 is 0 Å². The van der Waals surface area contributed by atoms with Gasteiger partial charge in [0.1, 0.15) is 0 Å². The van der Waals surface area contributed by atoms with Crippen molar-refractivity contribution in [2.45, 2.75) is 70.8 Å². The average molecular weight is 278 g/mol. The second-order valence-corrected chi connectivity index (χ2v) is 8.06. The van der Waals surface area contributed by atoms with E-state index in [0.717, 1.165) is 43.6 Å². The summed E-state index contributed by atoms with van der Waals surface area (Å²) in [7, 11) is 0. The van der Waals surface area contributed by atoms with Gasteiger partial charge in [0.2, 0.25) is 5.91 Å². The van der Waals surface area contributed by atoms with Crippen LogP contribution in [-0.2, 0) is 4.79 Å². The van der Waals surface area contributed by atoms with Crippen LogP contribution in [0.15, 0.2) is 0 Å². The molecule has 0 radical (unpaired) electrons. The normalized spacial score (nSPS) is 39.8. The van der Waals surface area contributed by atoms with Crippen molar-refractivity contribution >= 4 is 5.91 Å². The first-order chi connectivity index (χ1) is 9.55. The molecule has 4 bridgehead atoms. The van der Waals surface area contributed by atoms with Gasteiger partial charge in [-0.25, -0.2) is 0 Å². The second-order valence-electron chi connectivity index (χ2n) is 8.06. The maximum Gasteiger partial charge on any atom is 0.220 e. The quantitative estimate of drug-likeness (QED) is 0.734. The van der Waals surface area contributed by atoms with E-state index in [9.17, 15) is 4.79 Å². The second kappa shape index (κ2) is 5.67. The first kappa shape index (κ1) is 14.4. The van der Waals surface area contributed by atoms with Crippen LogP contribution in [0.2, 0.25) is 0 Å². The molecule has 20 heavy (non-hydrogen) atoms. The van der Waals surface area contributed by atoms with Crippen LogP contribution in [0.3, 0.4) is 0 Å². The van der Waals surface area contributed by atoms with Crippen LogP contribution < -0.4 is 11.1 Å². The van der Waals surface area contributed by atoms with E-state index in [4.69, 9.17) is 5.73 Å². The Morgan fingerprint density at radius 1 is 1.20 bits per heavy atom. The van der Waals surface area contributed by atoms with Crippen molar-refractivity contribution in [3.63, 3.8) is 0 Å². The Bertz CT molecular complexity index is 329. The zero-order valence-electron chi connectivity index (χ0n) is 12.9. The van der Waals surface area contributed by atoms with Gasteiger partial charge in [-0.1, -0.05) is 0 Å². The zero-order chi connectivity index (χ0) is 14.2. The Balaban J connectivity index is 1.46. The summed E-state index contributed by atoms with van der Waals surface area (Å²) in [5.74, 6) is 3.10. The number of nitrogens with one attached hydrogen (secondary N) is 1. The molecule has 0 aromatic heterocycles. The number of amides is 1. The molecule has 0 aromatic rings. The molecule has 0 spiro atoms. The number of hydrogen-bond donors (Lipinski definition) is 2. The predicted octanol–water partition coefficient (Wildman–Crippen LogP) is 2.84. The Kier molecular flexibility index (Phi) is 4.07.